The monoisotopic (exact) mass is 227 g/mol. The molecular weight excluding hydrogens is 206 g/mol. The Kier molecular flexibility index (Phi) is 3.83. The molecule has 1 aliphatic heterocycles. The van der Waals surface area contributed by atoms with Crippen LogP contribution < -0.4 is 0 Å². The molecular formula is C12H21NO3. The van der Waals surface area contributed by atoms with Gasteiger partial charge in [0.25, 0.3) is 0 Å². The minimum Gasteiger partial charge on any atom is -0.516 e. The van der Waals surface area contributed by atoms with Gasteiger partial charge in [-0.1, -0.05) is 6.92 Å². The number of aliphatic hydroxyl groups excluding tert-OH is 1. The number of aliphatic hydroxyl groups is 1. The number of likely N-dealkylation sites (tertiary alicyclic amines) is 1. The molecule has 1 rings (SSSR count). The van der Waals surface area contributed by atoms with Gasteiger partial charge in [-0.05, 0) is 39.2 Å². The topological polar surface area (TPSA) is 49.8 Å². The molecule has 0 aromatic rings. The lowest BCUT2D eigenvalue weighted by Crippen LogP contribution is -2.40. The van der Waals surface area contributed by atoms with E-state index >= 15 is 0 Å². The Balaban J connectivity index is 2.69. The lowest BCUT2D eigenvalue weighted by atomic mass is 10.0. The fourth-order valence-corrected chi connectivity index (χ4v) is 1.89. The summed E-state index contributed by atoms with van der Waals surface area (Å²) >= 11 is 0. The molecule has 0 unspecified atom stereocenters. The van der Waals surface area contributed by atoms with Gasteiger partial charge in [0, 0.05) is 6.54 Å². The Morgan fingerprint density at radius 2 is 2.12 bits per heavy atom. The van der Waals surface area contributed by atoms with Crippen molar-refractivity contribution in [3.05, 3.63) is 12.3 Å². The molecule has 1 aliphatic rings. The molecule has 0 aromatic carbocycles. The number of hydrogen-bond donors (Lipinski definition) is 1. The van der Waals surface area contributed by atoms with E-state index in [2.05, 4.69) is 6.92 Å². The number of carbonyl (C=O) groups excluding carboxylic acids is 1. The maximum atomic E-state index is 11.9. The van der Waals surface area contributed by atoms with Crippen molar-refractivity contribution in [3.63, 3.8) is 0 Å². The van der Waals surface area contributed by atoms with Crippen LogP contribution in [0.1, 0.15) is 34.1 Å². The molecule has 16 heavy (non-hydrogen) atoms. The highest BCUT2D eigenvalue weighted by Gasteiger charge is 2.35. The Morgan fingerprint density at radius 3 is 2.62 bits per heavy atom. The summed E-state index contributed by atoms with van der Waals surface area (Å²) in [6.45, 7) is 8.30. The molecule has 1 fully saturated rings. The third-order valence-corrected chi connectivity index (χ3v) is 2.68. The highest BCUT2D eigenvalue weighted by Crippen LogP contribution is 2.26. The van der Waals surface area contributed by atoms with Crippen LogP contribution in [0.2, 0.25) is 0 Å². The molecule has 4 heteroatoms. The van der Waals surface area contributed by atoms with Crippen molar-refractivity contribution in [2.75, 3.05) is 6.54 Å². The quantitative estimate of drug-likeness (QED) is 0.701. The smallest absolute Gasteiger partial charge is 0.410 e. The number of ether oxygens (including phenoxy) is 1. The summed E-state index contributed by atoms with van der Waals surface area (Å²) in [6.07, 6.45) is 3.28. The van der Waals surface area contributed by atoms with Crippen molar-refractivity contribution in [1.29, 1.82) is 0 Å². The van der Waals surface area contributed by atoms with Crippen LogP contribution in [-0.4, -0.2) is 34.3 Å². The first kappa shape index (κ1) is 12.9. The maximum absolute atomic E-state index is 11.9. The molecule has 0 saturated carbocycles. The SMILES string of the molecule is C[C@H]1CCN(C(=O)OC(C)(C)C)[C@@H]1/C=C/O. The first-order valence-corrected chi connectivity index (χ1v) is 5.65. The van der Waals surface area contributed by atoms with Crippen LogP contribution in [-0.2, 0) is 4.74 Å². The fourth-order valence-electron chi connectivity index (χ4n) is 1.89. The van der Waals surface area contributed by atoms with Gasteiger partial charge in [0.15, 0.2) is 0 Å². The number of nitrogens with zero attached hydrogens (tertiary/aromatic N) is 1. The van der Waals surface area contributed by atoms with Crippen LogP contribution >= 0.6 is 0 Å². The molecule has 1 saturated heterocycles. The standard InChI is InChI=1S/C12H21NO3/c1-9-5-7-13(10(9)6-8-14)11(15)16-12(2,3)4/h6,8-10,14H,5,7H2,1-4H3/b8-6+/t9-,10+/m0/s1. The van der Waals surface area contributed by atoms with Gasteiger partial charge in [0.2, 0.25) is 0 Å². The Bertz CT molecular complexity index is 280. The molecule has 0 spiro atoms. The van der Waals surface area contributed by atoms with E-state index in [0.717, 1.165) is 12.7 Å². The summed E-state index contributed by atoms with van der Waals surface area (Å²) in [5.41, 5.74) is -0.476. The number of carbonyl (C=O) groups is 1. The van der Waals surface area contributed by atoms with Crippen molar-refractivity contribution in [1.82, 2.24) is 4.90 Å². The number of hydrogen-bond acceptors (Lipinski definition) is 3. The lowest BCUT2D eigenvalue weighted by molar-refractivity contribution is 0.0244. The van der Waals surface area contributed by atoms with Gasteiger partial charge in [0.1, 0.15) is 5.60 Å². The van der Waals surface area contributed by atoms with E-state index in [1.54, 1.807) is 11.0 Å². The van der Waals surface area contributed by atoms with Gasteiger partial charge in [-0.2, -0.15) is 0 Å². The third-order valence-electron chi connectivity index (χ3n) is 2.68. The molecule has 92 valence electrons. The first-order valence-electron chi connectivity index (χ1n) is 5.65. The summed E-state index contributed by atoms with van der Waals surface area (Å²) in [5, 5.41) is 8.82. The van der Waals surface area contributed by atoms with Gasteiger partial charge in [-0.3, -0.25) is 0 Å². The van der Waals surface area contributed by atoms with E-state index in [-0.39, 0.29) is 12.1 Å². The predicted octanol–water partition coefficient (Wildman–Crippen LogP) is 2.70. The second-order valence-corrected chi connectivity index (χ2v) is 5.27. The van der Waals surface area contributed by atoms with E-state index in [0.29, 0.717) is 12.5 Å². The van der Waals surface area contributed by atoms with Gasteiger partial charge >= 0.3 is 6.09 Å². The zero-order valence-electron chi connectivity index (χ0n) is 10.4. The van der Waals surface area contributed by atoms with Crippen molar-refractivity contribution in [3.8, 4) is 0 Å². The largest absolute Gasteiger partial charge is 0.516 e. The van der Waals surface area contributed by atoms with Crippen LogP contribution in [0.4, 0.5) is 4.79 Å². The van der Waals surface area contributed by atoms with Crippen LogP contribution in [0.5, 0.6) is 0 Å². The highest BCUT2D eigenvalue weighted by atomic mass is 16.6. The Labute approximate surface area is 96.9 Å². The van der Waals surface area contributed by atoms with E-state index in [1.807, 2.05) is 20.8 Å². The van der Waals surface area contributed by atoms with E-state index in [4.69, 9.17) is 9.84 Å². The molecule has 0 bridgehead atoms. The molecule has 0 aromatic heterocycles. The highest BCUT2D eigenvalue weighted by molar-refractivity contribution is 5.69. The fraction of sp³-hybridized carbons (Fsp3) is 0.750. The third kappa shape index (κ3) is 3.15. The zero-order chi connectivity index (χ0) is 12.3. The number of amides is 1. The molecule has 4 nitrogen and oxygen atoms in total. The van der Waals surface area contributed by atoms with Gasteiger partial charge in [-0.15, -0.1) is 0 Å². The number of rotatable bonds is 1. The van der Waals surface area contributed by atoms with Crippen molar-refractivity contribution >= 4 is 6.09 Å². The lowest BCUT2D eigenvalue weighted by Gasteiger charge is -2.28. The normalized spacial score (nSPS) is 26.4. The average Bonchev–Trinajstić information content (AvgIpc) is 2.46. The first-order chi connectivity index (χ1) is 7.35. The molecule has 1 N–H and O–H groups in total. The van der Waals surface area contributed by atoms with Gasteiger partial charge < -0.3 is 14.7 Å². The summed E-state index contributed by atoms with van der Waals surface area (Å²) in [6, 6.07) is -0.0557. The molecule has 2 atom stereocenters. The molecule has 1 heterocycles. The Hall–Kier alpha value is -1.19. The molecule has 0 radical (unpaired) electrons. The maximum Gasteiger partial charge on any atom is 0.410 e. The molecule has 0 aliphatic carbocycles. The minimum absolute atomic E-state index is 0.0557. The minimum atomic E-state index is -0.476. The van der Waals surface area contributed by atoms with E-state index < -0.39 is 5.60 Å². The van der Waals surface area contributed by atoms with Crippen LogP contribution in [0.3, 0.4) is 0 Å². The van der Waals surface area contributed by atoms with E-state index in [9.17, 15) is 4.79 Å². The van der Waals surface area contributed by atoms with Crippen molar-refractivity contribution in [2.45, 2.75) is 45.8 Å². The summed E-state index contributed by atoms with van der Waals surface area (Å²) < 4.78 is 5.32. The van der Waals surface area contributed by atoms with Gasteiger partial charge in [0.05, 0.1) is 12.3 Å². The second-order valence-electron chi connectivity index (χ2n) is 5.27. The van der Waals surface area contributed by atoms with Crippen molar-refractivity contribution in [2.24, 2.45) is 5.92 Å². The average molecular weight is 227 g/mol. The molecule has 1 amide bonds. The predicted molar refractivity (Wildman–Crippen MR) is 62.3 cm³/mol. The summed E-state index contributed by atoms with van der Waals surface area (Å²) in [4.78, 5) is 13.5. The van der Waals surface area contributed by atoms with Crippen LogP contribution in [0, 0.1) is 5.92 Å². The zero-order valence-corrected chi connectivity index (χ0v) is 10.4. The van der Waals surface area contributed by atoms with Crippen molar-refractivity contribution < 1.29 is 14.6 Å². The van der Waals surface area contributed by atoms with Crippen LogP contribution in [0.15, 0.2) is 12.3 Å². The van der Waals surface area contributed by atoms with Gasteiger partial charge in [-0.25, -0.2) is 4.79 Å². The summed E-state index contributed by atoms with van der Waals surface area (Å²) in [7, 11) is 0. The Morgan fingerprint density at radius 1 is 1.50 bits per heavy atom. The van der Waals surface area contributed by atoms with Crippen LogP contribution in [0.25, 0.3) is 0 Å². The summed E-state index contributed by atoms with van der Waals surface area (Å²) in [5.74, 6) is 0.357. The second kappa shape index (κ2) is 4.76. The van der Waals surface area contributed by atoms with E-state index in [1.165, 1.54) is 0 Å².